The van der Waals surface area contributed by atoms with Crippen molar-refractivity contribution in [2.75, 3.05) is 37.4 Å². The van der Waals surface area contributed by atoms with Gasteiger partial charge in [0.2, 0.25) is 5.91 Å². The number of hydrogen-bond donors (Lipinski definition) is 1. The van der Waals surface area contributed by atoms with Crippen LogP contribution in [0.3, 0.4) is 0 Å². The quantitative estimate of drug-likeness (QED) is 0.359. The number of anilines is 1. The summed E-state index contributed by atoms with van der Waals surface area (Å²) in [5, 5.41) is 9.37. The van der Waals surface area contributed by atoms with Crippen molar-refractivity contribution in [3.05, 3.63) is 36.0 Å². The van der Waals surface area contributed by atoms with Gasteiger partial charge in [0.1, 0.15) is 11.6 Å². The molecule has 4 rings (SSSR count). The number of nitrogens with one attached hydrogen (secondary N) is 1. The lowest BCUT2D eigenvalue weighted by molar-refractivity contribution is -0.120. The van der Waals surface area contributed by atoms with Gasteiger partial charge in [-0.15, -0.1) is 0 Å². The predicted molar refractivity (Wildman–Crippen MR) is 132 cm³/mol. The van der Waals surface area contributed by atoms with E-state index in [2.05, 4.69) is 22.2 Å². The Bertz CT molecular complexity index is 1060. The van der Waals surface area contributed by atoms with Crippen molar-refractivity contribution in [2.45, 2.75) is 50.7 Å². The largest absolute Gasteiger partial charge is 0.497 e. The number of thioether (sulfide) groups is 1. The first-order valence-corrected chi connectivity index (χ1v) is 12.7. The number of piperidine rings is 1. The standard InChI is InChI=1S/C24H32N6O2S/c1-3-15-33-24-27-22(29-12-5-4-6-13-29)20-17-26-30(23(20)28-24)14-11-25-21(31)16-18-7-9-19(32-2)10-8-18/h7-10,17H,3-6,11-16H2,1-2H3,(H,25,31). The SMILES string of the molecule is CCCSc1nc(N2CCCCC2)c2cnn(CCNC(=O)Cc3ccc(OC)cc3)c2n1. The molecular formula is C24H32N6O2S. The minimum atomic E-state index is -0.0144. The van der Waals surface area contributed by atoms with E-state index in [9.17, 15) is 4.79 Å². The zero-order chi connectivity index (χ0) is 23.0. The molecule has 176 valence electrons. The maximum Gasteiger partial charge on any atom is 0.224 e. The molecule has 8 nitrogen and oxygen atoms in total. The monoisotopic (exact) mass is 468 g/mol. The van der Waals surface area contributed by atoms with Crippen LogP contribution in [-0.2, 0) is 17.8 Å². The number of ether oxygens (including phenoxy) is 1. The van der Waals surface area contributed by atoms with E-state index in [4.69, 9.17) is 14.7 Å². The fraction of sp³-hybridized carbons (Fsp3) is 0.500. The predicted octanol–water partition coefficient (Wildman–Crippen LogP) is 3.69. The van der Waals surface area contributed by atoms with Crippen molar-refractivity contribution in [1.29, 1.82) is 0 Å². The molecule has 1 saturated heterocycles. The third kappa shape index (κ3) is 5.96. The van der Waals surface area contributed by atoms with E-state index in [0.717, 1.165) is 58.6 Å². The topological polar surface area (TPSA) is 85.2 Å². The third-order valence-electron chi connectivity index (χ3n) is 5.72. The van der Waals surface area contributed by atoms with Crippen LogP contribution in [-0.4, -0.2) is 58.2 Å². The van der Waals surface area contributed by atoms with Crippen molar-refractivity contribution in [1.82, 2.24) is 25.1 Å². The number of benzene rings is 1. The molecule has 1 amide bonds. The number of aromatic nitrogens is 4. The summed E-state index contributed by atoms with van der Waals surface area (Å²) in [5.74, 6) is 2.75. The van der Waals surface area contributed by atoms with E-state index in [1.165, 1.54) is 19.3 Å². The molecular weight excluding hydrogens is 436 g/mol. The lowest BCUT2D eigenvalue weighted by Gasteiger charge is -2.28. The van der Waals surface area contributed by atoms with Crippen molar-refractivity contribution in [2.24, 2.45) is 0 Å². The van der Waals surface area contributed by atoms with Gasteiger partial charge < -0.3 is 15.0 Å². The smallest absolute Gasteiger partial charge is 0.224 e. The lowest BCUT2D eigenvalue weighted by atomic mass is 10.1. The minimum absolute atomic E-state index is 0.0144. The molecule has 1 aliphatic rings. The van der Waals surface area contributed by atoms with Crippen molar-refractivity contribution >= 4 is 34.5 Å². The second-order valence-electron chi connectivity index (χ2n) is 8.21. The Morgan fingerprint density at radius 2 is 1.94 bits per heavy atom. The number of carbonyl (C=O) groups excluding carboxylic acids is 1. The maximum atomic E-state index is 12.4. The highest BCUT2D eigenvalue weighted by Gasteiger charge is 2.20. The summed E-state index contributed by atoms with van der Waals surface area (Å²) in [6.07, 6.45) is 6.94. The van der Waals surface area contributed by atoms with Gasteiger partial charge in [-0.1, -0.05) is 30.8 Å². The molecule has 2 aromatic heterocycles. The Balaban J connectivity index is 1.43. The van der Waals surface area contributed by atoms with Crippen molar-refractivity contribution in [3.8, 4) is 5.75 Å². The number of rotatable bonds is 10. The molecule has 1 aromatic carbocycles. The Kier molecular flexibility index (Phi) is 8.04. The zero-order valence-corrected chi connectivity index (χ0v) is 20.2. The molecule has 0 atom stereocenters. The summed E-state index contributed by atoms with van der Waals surface area (Å²) < 4.78 is 7.05. The molecule has 9 heteroatoms. The Morgan fingerprint density at radius 3 is 2.67 bits per heavy atom. The van der Waals surface area contributed by atoms with E-state index in [-0.39, 0.29) is 5.91 Å². The second kappa shape index (κ2) is 11.4. The molecule has 0 aliphatic carbocycles. The Morgan fingerprint density at radius 1 is 1.15 bits per heavy atom. The normalized spacial score (nSPS) is 13.9. The van der Waals surface area contributed by atoms with Crippen LogP contribution in [0.15, 0.2) is 35.6 Å². The van der Waals surface area contributed by atoms with Gasteiger partial charge in [0.05, 0.1) is 31.7 Å². The van der Waals surface area contributed by atoms with Gasteiger partial charge in [0.15, 0.2) is 10.8 Å². The highest BCUT2D eigenvalue weighted by Crippen LogP contribution is 2.29. The van der Waals surface area contributed by atoms with E-state index in [0.29, 0.717) is 19.5 Å². The molecule has 0 spiro atoms. The van der Waals surface area contributed by atoms with E-state index >= 15 is 0 Å². The molecule has 33 heavy (non-hydrogen) atoms. The van der Waals surface area contributed by atoms with Crippen molar-refractivity contribution in [3.63, 3.8) is 0 Å². The molecule has 1 fully saturated rings. The average molecular weight is 469 g/mol. The summed E-state index contributed by atoms with van der Waals surface area (Å²) in [6.45, 7) is 5.27. The summed E-state index contributed by atoms with van der Waals surface area (Å²) in [6, 6.07) is 7.56. The third-order valence-corrected chi connectivity index (χ3v) is 6.77. The minimum Gasteiger partial charge on any atom is -0.497 e. The van der Waals surface area contributed by atoms with Gasteiger partial charge in [-0.2, -0.15) is 5.10 Å². The second-order valence-corrected chi connectivity index (χ2v) is 9.27. The van der Waals surface area contributed by atoms with Gasteiger partial charge >= 0.3 is 0 Å². The number of amides is 1. The molecule has 1 aliphatic heterocycles. The lowest BCUT2D eigenvalue weighted by Crippen LogP contribution is -2.30. The van der Waals surface area contributed by atoms with Crippen LogP contribution in [0, 0.1) is 0 Å². The molecule has 3 aromatic rings. The highest BCUT2D eigenvalue weighted by molar-refractivity contribution is 7.99. The van der Waals surface area contributed by atoms with E-state index < -0.39 is 0 Å². The highest BCUT2D eigenvalue weighted by atomic mass is 32.2. The van der Waals surface area contributed by atoms with Gasteiger partial charge in [-0.05, 0) is 43.4 Å². The molecule has 0 unspecified atom stereocenters. The summed E-state index contributed by atoms with van der Waals surface area (Å²) in [4.78, 5) is 24.5. The average Bonchev–Trinajstić information content (AvgIpc) is 3.26. The number of nitrogens with zero attached hydrogens (tertiary/aromatic N) is 5. The van der Waals surface area contributed by atoms with Crippen LogP contribution >= 0.6 is 11.8 Å². The fourth-order valence-corrected chi connectivity index (χ4v) is 4.67. The summed E-state index contributed by atoms with van der Waals surface area (Å²) in [7, 11) is 1.63. The van der Waals surface area contributed by atoms with Crippen LogP contribution in [0.1, 0.15) is 38.2 Å². The molecule has 0 radical (unpaired) electrons. The first-order valence-electron chi connectivity index (χ1n) is 11.7. The summed E-state index contributed by atoms with van der Waals surface area (Å²) in [5.41, 5.74) is 1.79. The number of carbonyl (C=O) groups is 1. The molecule has 0 saturated carbocycles. The van der Waals surface area contributed by atoms with Crippen LogP contribution in [0.5, 0.6) is 5.75 Å². The fourth-order valence-electron chi connectivity index (χ4n) is 3.98. The molecule has 3 heterocycles. The Labute approximate surface area is 199 Å². The van der Waals surface area contributed by atoms with Gasteiger partial charge in [0.25, 0.3) is 0 Å². The van der Waals surface area contributed by atoms with Crippen LogP contribution < -0.4 is 15.0 Å². The van der Waals surface area contributed by atoms with Crippen LogP contribution in [0.2, 0.25) is 0 Å². The number of hydrogen-bond acceptors (Lipinski definition) is 7. The summed E-state index contributed by atoms with van der Waals surface area (Å²) >= 11 is 1.69. The molecule has 0 bridgehead atoms. The van der Waals surface area contributed by atoms with Crippen molar-refractivity contribution < 1.29 is 9.53 Å². The first-order chi connectivity index (χ1) is 16.2. The maximum absolute atomic E-state index is 12.4. The zero-order valence-electron chi connectivity index (χ0n) is 19.4. The van der Waals surface area contributed by atoms with Gasteiger partial charge in [-0.3, -0.25) is 4.79 Å². The number of fused-ring (bicyclic) bond motifs is 1. The van der Waals surface area contributed by atoms with Gasteiger partial charge in [-0.25, -0.2) is 14.6 Å². The van der Waals surface area contributed by atoms with Gasteiger partial charge in [0, 0.05) is 25.4 Å². The van der Waals surface area contributed by atoms with E-state index in [1.54, 1.807) is 18.9 Å². The first kappa shape index (κ1) is 23.4. The molecule has 1 N–H and O–H groups in total. The van der Waals surface area contributed by atoms with Crippen LogP contribution in [0.25, 0.3) is 11.0 Å². The van der Waals surface area contributed by atoms with Crippen LogP contribution in [0.4, 0.5) is 5.82 Å². The number of methoxy groups -OCH3 is 1. The van der Waals surface area contributed by atoms with E-state index in [1.807, 2.05) is 35.1 Å². The Hall–Kier alpha value is -2.81.